The number of hydrogen-bond donors (Lipinski definition) is 1. The number of rotatable bonds is 2. The van der Waals surface area contributed by atoms with Crippen molar-refractivity contribution in [1.82, 2.24) is 0 Å². The highest BCUT2D eigenvalue weighted by Crippen LogP contribution is 2.50. The van der Waals surface area contributed by atoms with Gasteiger partial charge in [-0.2, -0.15) is 0 Å². The lowest BCUT2D eigenvalue weighted by molar-refractivity contribution is -0.154. The number of carbonyl (C=O) groups excluding carboxylic acids is 2. The molecule has 0 radical (unpaired) electrons. The van der Waals surface area contributed by atoms with Crippen LogP contribution in [-0.4, -0.2) is 53.9 Å². The molecule has 3 saturated heterocycles. The molecule has 7 heteroatoms. The van der Waals surface area contributed by atoms with Gasteiger partial charge in [-0.25, -0.2) is 4.79 Å². The second kappa shape index (κ2) is 6.18. The lowest BCUT2D eigenvalue weighted by Crippen LogP contribution is -2.41. The van der Waals surface area contributed by atoms with Crippen LogP contribution in [0.1, 0.15) is 33.1 Å². The number of esters is 2. The van der Waals surface area contributed by atoms with Gasteiger partial charge in [-0.05, 0) is 24.5 Å². The minimum Gasteiger partial charge on any atom is -0.458 e. The van der Waals surface area contributed by atoms with Gasteiger partial charge in [0.05, 0.1) is 24.5 Å². The van der Waals surface area contributed by atoms with E-state index in [0.717, 1.165) is 6.42 Å². The van der Waals surface area contributed by atoms with Crippen molar-refractivity contribution in [3.63, 3.8) is 0 Å². The first-order valence-electron chi connectivity index (χ1n) is 9.09. The maximum absolute atomic E-state index is 12.2. The number of epoxide rings is 1. The number of aliphatic hydroxyl groups excluding tert-OH is 1. The van der Waals surface area contributed by atoms with E-state index in [2.05, 4.69) is 6.58 Å². The molecule has 142 valence electrons. The molecule has 1 aliphatic carbocycles. The van der Waals surface area contributed by atoms with Gasteiger partial charge in [-0.15, -0.1) is 0 Å². The van der Waals surface area contributed by atoms with E-state index in [9.17, 15) is 14.7 Å². The molecule has 0 aromatic heterocycles. The first-order valence-corrected chi connectivity index (χ1v) is 9.09. The van der Waals surface area contributed by atoms with Crippen LogP contribution < -0.4 is 0 Å². The molecule has 0 amide bonds. The number of carbonyl (C=O) groups is 2. The van der Waals surface area contributed by atoms with E-state index in [4.69, 9.17) is 18.9 Å². The molecule has 4 aliphatic heterocycles. The summed E-state index contributed by atoms with van der Waals surface area (Å²) in [5, 5.41) is 10.4. The van der Waals surface area contributed by atoms with E-state index in [-0.39, 0.29) is 30.2 Å². The maximum Gasteiger partial charge on any atom is 0.334 e. The van der Waals surface area contributed by atoms with Crippen molar-refractivity contribution in [2.24, 2.45) is 11.8 Å². The van der Waals surface area contributed by atoms with Gasteiger partial charge in [-0.3, -0.25) is 4.79 Å². The Kier molecular flexibility index (Phi) is 4.21. The van der Waals surface area contributed by atoms with Crippen LogP contribution in [0, 0.1) is 11.8 Å². The predicted molar refractivity (Wildman–Crippen MR) is 88.7 cm³/mol. The standard InChI is InChI=1S/C19H24O7/c1-9(2)16(20)24-12-6-11-4-5-14-19(26-14,8-23-18(11)22)7-13-15(12)10(3)17(21)25-13/h6,9,12-15,18,22H,3-5,7-8H2,1-2H3/b11-6+/t12-,13-,14+,15+,18-,19-/m1/s1. The molecule has 2 bridgehead atoms. The van der Waals surface area contributed by atoms with Gasteiger partial charge in [0.25, 0.3) is 0 Å². The van der Waals surface area contributed by atoms with Gasteiger partial charge >= 0.3 is 11.9 Å². The molecule has 5 aliphatic rings. The summed E-state index contributed by atoms with van der Waals surface area (Å²) < 4.78 is 22.7. The van der Waals surface area contributed by atoms with Gasteiger partial charge < -0.3 is 24.1 Å². The monoisotopic (exact) mass is 364 g/mol. The van der Waals surface area contributed by atoms with Crippen molar-refractivity contribution < 1.29 is 33.6 Å². The molecular weight excluding hydrogens is 340 g/mol. The van der Waals surface area contributed by atoms with Crippen molar-refractivity contribution >= 4 is 11.9 Å². The van der Waals surface area contributed by atoms with Gasteiger partial charge in [0.1, 0.15) is 17.8 Å². The summed E-state index contributed by atoms with van der Waals surface area (Å²) >= 11 is 0. The highest BCUT2D eigenvalue weighted by molar-refractivity contribution is 5.91. The van der Waals surface area contributed by atoms with Gasteiger partial charge in [0.15, 0.2) is 6.29 Å². The molecule has 26 heavy (non-hydrogen) atoms. The summed E-state index contributed by atoms with van der Waals surface area (Å²) in [6.45, 7) is 7.59. The van der Waals surface area contributed by atoms with Crippen molar-refractivity contribution in [3.05, 3.63) is 23.8 Å². The highest BCUT2D eigenvalue weighted by Gasteiger charge is 2.61. The van der Waals surface area contributed by atoms with Gasteiger partial charge in [0, 0.05) is 12.0 Å². The van der Waals surface area contributed by atoms with Crippen LogP contribution in [0.5, 0.6) is 0 Å². The normalized spacial score (nSPS) is 43.7. The van der Waals surface area contributed by atoms with Crippen LogP contribution in [0.4, 0.5) is 0 Å². The summed E-state index contributed by atoms with van der Waals surface area (Å²) in [5.74, 6) is -1.67. The minimum absolute atomic E-state index is 0.0152. The van der Waals surface area contributed by atoms with E-state index in [1.165, 1.54) is 0 Å². The number of ether oxygens (including phenoxy) is 4. The predicted octanol–water partition coefficient (Wildman–Crippen LogP) is 1.25. The molecule has 0 aromatic rings. The topological polar surface area (TPSA) is 94.6 Å². The molecule has 3 fully saturated rings. The lowest BCUT2D eigenvalue weighted by atomic mass is 9.81. The maximum atomic E-state index is 12.2. The number of hydrogen-bond acceptors (Lipinski definition) is 7. The van der Waals surface area contributed by atoms with Crippen LogP contribution in [0.15, 0.2) is 23.8 Å². The van der Waals surface area contributed by atoms with Crippen molar-refractivity contribution in [2.75, 3.05) is 6.61 Å². The average molecular weight is 364 g/mol. The minimum atomic E-state index is -1.08. The zero-order valence-corrected chi connectivity index (χ0v) is 15.0. The summed E-state index contributed by atoms with van der Waals surface area (Å²) in [4.78, 5) is 24.4. The molecule has 6 atom stereocenters. The molecule has 1 spiro atoms. The quantitative estimate of drug-likeness (QED) is 0.341. The largest absolute Gasteiger partial charge is 0.458 e. The van der Waals surface area contributed by atoms with Crippen LogP contribution in [0.2, 0.25) is 0 Å². The van der Waals surface area contributed by atoms with E-state index < -0.39 is 36.0 Å². The third-order valence-electron chi connectivity index (χ3n) is 5.73. The van der Waals surface area contributed by atoms with Crippen molar-refractivity contribution in [1.29, 1.82) is 0 Å². The molecule has 0 saturated carbocycles. The number of aliphatic hydroxyl groups is 1. The molecule has 4 heterocycles. The Bertz CT molecular complexity index is 681. The zero-order valence-electron chi connectivity index (χ0n) is 15.0. The number of fused-ring (bicyclic) bond motifs is 4. The first kappa shape index (κ1) is 17.7. The molecule has 7 nitrogen and oxygen atoms in total. The first-order chi connectivity index (χ1) is 12.3. The fraction of sp³-hybridized carbons (Fsp3) is 0.684. The summed E-state index contributed by atoms with van der Waals surface area (Å²) in [7, 11) is 0. The lowest BCUT2D eigenvalue weighted by Gasteiger charge is -2.32. The van der Waals surface area contributed by atoms with Gasteiger partial charge in [-0.1, -0.05) is 20.4 Å². The van der Waals surface area contributed by atoms with Crippen LogP contribution in [0.3, 0.4) is 0 Å². The van der Waals surface area contributed by atoms with E-state index in [1.54, 1.807) is 19.9 Å². The Labute approximate surface area is 151 Å². The Hall–Kier alpha value is -1.70. The van der Waals surface area contributed by atoms with Crippen LogP contribution >= 0.6 is 0 Å². The third kappa shape index (κ3) is 2.88. The second-order valence-electron chi connectivity index (χ2n) is 7.87. The summed E-state index contributed by atoms with van der Waals surface area (Å²) in [6, 6.07) is 0. The average Bonchev–Trinajstić information content (AvgIpc) is 3.18. The Morgan fingerprint density at radius 3 is 2.96 bits per heavy atom. The second-order valence-corrected chi connectivity index (χ2v) is 7.87. The van der Waals surface area contributed by atoms with Crippen molar-refractivity contribution in [3.8, 4) is 0 Å². The SMILES string of the molecule is C=C1C(=O)O[C@@H]2C[C@@]34CO[C@@H](O)/C(=C/[C@@H](OC(=O)C(C)C)[C@H]12)CC[C@@H]3O4. The van der Waals surface area contributed by atoms with Crippen LogP contribution in [-0.2, 0) is 28.5 Å². The van der Waals surface area contributed by atoms with Crippen LogP contribution in [0.25, 0.3) is 0 Å². The van der Waals surface area contributed by atoms with E-state index >= 15 is 0 Å². The summed E-state index contributed by atoms with van der Waals surface area (Å²) in [6.07, 6.45) is 1.13. The zero-order chi connectivity index (χ0) is 18.6. The molecular formula is C19H24O7. The van der Waals surface area contributed by atoms with E-state index in [0.29, 0.717) is 18.4 Å². The van der Waals surface area contributed by atoms with Gasteiger partial charge in [0.2, 0.25) is 0 Å². The van der Waals surface area contributed by atoms with Crippen molar-refractivity contribution in [2.45, 2.75) is 63.3 Å². The molecule has 1 N–H and O–H groups in total. The Morgan fingerprint density at radius 2 is 2.23 bits per heavy atom. The fourth-order valence-corrected chi connectivity index (χ4v) is 4.11. The molecule has 0 unspecified atom stereocenters. The van der Waals surface area contributed by atoms with E-state index in [1.807, 2.05) is 0 Å². The fourth-order valence-electron chi connectivity index (χ4n) is 4.11. The highest BCUT2D eigenvalue weighted by atomic mass is 16.7. The smallest absolute Gasteiger partial charge is 0.334 e. The molecule has 0 aromatic carbocycles. The molecule has 5 rings (SSSR count). The Balaban J connectivity index is 1.75. The third-order valence-corrected chi connectivity index (χ3v) is 5.73. The Morgan fingerprint density at radius 1 is 1.46 bits per heavy atom. The summed E-state index contributed by atoms with van der Waals surface area (Å²) in [5.41, 5.74) is 0.351.